The van der Waals surface area contributed by atoms with Crippen molar-refractivity contribution < 1.29 is 9.18 Å². The zero-order chi connectivity index (χ0) is 24.0. The zero-order valence-corrected chi connectivity index (χ0v) is 22.7. The van der Waals surface area contributed by atoms with Gasteiger partial charge in [-0.25, -0.2) is 4.39 Å². The third-order valence-electron chi connectivity index (χ3n) is 11.3. The van der Waals surface area contributed by atoms with Crippen LogP contribution in [0.4, 0.5) is 4.39 Å². The van der Waals surface area contributed by atoms with Crippen LogP contribution in [0.1, 0.15) is 155 Å². The molecule has 0 bridgehead atoms. The molecular formula is C32H55FO. The molecule has 4 saturated carbocycles. The van der Waals surface area contributed by atoms with Crippen molar-refractivity contribution in [2.75, 3.05) is 0 Å². The Morgan fingerprint density at radius 3 is 1.62 bits per heavy atom. The van der Waals surface area contributed by atoms with Crippen molar-refractivity contribution in [2.45, 2.75) is 161 Å². The smallest absolute Gasteiger partial charge is 0.151 e. The zero-order valence-electron chi connectivity index (χ0n) is 22.7. The molecule has 0 unspecified atom stereocenters. The number of carbonyl (C=O) groups excluding carboxylic acids is 1. The molecule has 0 aromatic heterocycles. The van der Waals surface area contributed by atoms with Crippen LogP contribution in [-0.2, 0) is 4.79 Å². The standard InChI is InChI=1S/C32H55FO/c1-3-5-7-8-10-12-25-13-15-27(16-14-25)28-19-23-32(24-20-28)29(33)31(30(32)34)21-17-26(18-22-31)11-9-6-4-2/h25-29H,3-24H2,1-2H3/t25?,26?,27?,28?,29-,31-,32-/m1/s1. The van der Waals surface area contributed by atoms with Gasteiger partial charge in [0.05, 0.1) is 10.8 Å². The maximum absolute atomic E-state index is 15.9. The Bertz CT molecular complexity index is 617. The van der Waals surface area contributed by atoms with Crippen LogP contribution >= 0.6 is 0 Å². The predicted molar refractivity (Wildman–Crippen MR) is 142 cm³/mol. The van der Waals surface area contributed by atoms with Gasteiger partial charge in [-0.05, 0) is 87.9 Å². The molecule has 0 aliphatic heterocycles. The first-order valence-electron chi connectivity index (χ1n) is 15.7. The molecule has 0 aromatic carbocycles. The summed E-state index contributed by atoms with van der Waals surface area (Å²) in [5.41, 5.74) is -1.13. The minimum atomic E-state index is -0.839. The highest BCUT2D eigenvalue weighted by Gasteiger charge is 2.71. The van der Waals surface area contributed by atoms with E-state index in [1.807, 2.05) is 0 Å². The molecule has 34 heavy (non-hydrogen) atoms. The molecule has 1 atom stereocenters. The van der Waals surface area contributed by atoms with Crippen molar-refractivity contribution in [3.8, 4) is 0 Å². The van der Waals surface area contributed by atoms with E-state index in [-0.39, 0.29) is 0 Å². The van der Waals surface area contributed by atoms with Gasteiger partial charge in [-0.1, -0.05) is 90.9 Å². The molecule has 0 aromatic rings. The van der Waals surface area contributed by atoms with Gasteiger partial charge in [-0.2, -0.15) is 0 Å². The first-order valence-corrected chi connectivity index (χ1v) is 15.7. The number of Topliss-reactive ketones (excluding diaryl/α,β-unsaturated/α-hetero) is 1. The SMILES string of the molecule is CCCCCCCC1CCC(C2CC[C@]3(CC2)C(=O)[C@@]2(CCC(CCCCC)CC2)[C@H]3F)CC1. The van der Waals surface area contributed by atoms with Gasteiger partial charge in [-0.3, -0.25) is 4.79 Å². The molecule has 1 nitrogen and oxygen atoms in total. The van der Waals surface area contributed by atoms with E-state index in [1.165, 1.54) is 89.9 Å². The number of halogens is 1. The van der Waals surface area contributed by atoms with Gasteiger partial charge in [0.15, 0.2) is 5.78 Å². The van der Waals surface area contributed by atoms with Crippen LogP contribution < -0.4 is 0 Å². The van der Waals surface area contributed by atoms with Gasteiger partial charge >= 0.3 is 0 Å². The topological polar surface area (TPSA) is 17.1 Å². The molecule has 0 amide bonds. The van der Waals surface area contributed by atoms with Gasteiger partial charge in [0.2, 0.25) is 0 Å². The summed E-state index contributed by atoms with van der Waals surface area (Å²) >= 11 is 0. The van der Waals surface area contributed by atoms with Crippen LogP contribution in [0.5, 0.6) is 0 Å². The molecule has 4 fully saturated rings. The van der Waals surface area contributed by atoms with Crippen LogP contribution in [-0.4, -0.2) is 12.0 Å². The molecule has 0 saturated heterocycles. The van der Waals surface area contributed by atoms with Crippen molar-refractivity contribution in [1.29, 1.82) is 0 Å². The highest BCUT2D eigenvalue weighted by atomic mass is 19.1. The van der Waals surface area contributed by atoms with Crippen LogP contribution in [0.25, 0.3) is 0 Å². The fourth-order valence-corrected chi connectivity index (χ4v) is 8.91. The molecule has 0 N–H and O–H groups in total. The Balaban J connectivity index is 1.18. The van der Waals surface area contributed by atoms with Gasteiger partial charge in [0.25, 0.3) is 0 Å². The second-order valence-electron chi connectivity index (χ2n) is 13.3. The molecule has 4 aliphatic carbocycles. The third kappa shape index (κ3) is 5.46. The number of rotatable bonds is 11. The lowest BCUT2D eigenvalue weighted by atomic mass is 9.41. The summed E-state index contributed by atoms with van der Waals surface area (Å²) in [6.45, 7) is 4.55. The number of carbonyl (C=O) groups is 1. The van der Waals surface area contributed by atoms with E-state index in [0.29, 0.717) is 5.78 Å². The van der Waals surface area contributed by atoms with Crippen LogP contribution in [0, 0.1) is 34.5 Å². The molecule has 4 aliphatic rings. The maximum atomic E-state index is 15.9. The van der Waals surface area contributed by atoms with Gasteiger partial charge in [-0.15, -0.1) is 0 Å². The van der Waals surface area contributed by atoms with Crippen molar-refractivity contribution in [1.82, 2.24) is 0 Å². The van der Waals surface area contributed by atoms with Crippen LogP contribution in [0.2, 0.25) is 0 Å². The summed E-state index contributed by atoms with van der Waals surface area (Å²) in [5, 5.41) is 0. The summed E-state index contributed by atoms with van der Waals surface area (Å²) in [7, 11) is 0. The summed E-state index contributed by atoms with van der Waals surface area (Å²) in [6, 6.07) is 0. The molecule has 2 heteroatoms. The minimum absolute atomic E-state index is 0.365. The summed E-state index contributed by atoms with van der Waals surface area (Å²) in [5.74, 6) is 3.70. The van der Waals surface area contributed by atoms with E-state index in [1.54, 1.807) is 0 Å². The summed E-state index contributed by atoms with van der Waals surface area (Å²) < 4.78 is 15.9. The van der Waals surface area contributed by atoms with E-state index in [0.717, 1.165) is 75.0 Å². The highest BCUT2D eigenvalue weighted by Crippen LogP contribution is 2.66. The largest absolute Gasteiger partial charge is 0.298 e. The van der Waals surface area contributed by atoms with E-state index in [4.69, 9.17) is 0 Å². The maximum Gasteiger partial charge on any atom is 0.151 e. The molecule has 0 heterocycles. The van der Waals surface area contributed by atoms with Gasteiger partial charge < -0.3 is 0 Å². The number of hydrogen-bond donors (Lipinski definition) is 0. The van der Waals surface area contributed by atoms with Crippen molar-refractivity contribution in [3.05, 3.63) is 0 Å². The Hall–Kier alpha value is -0.400. The summed E-state index contributed by atoms with van der Waals surface area (Å²) in [4.78, 5) is 13.5. The Morgan fingerprint density at radius 1 is 0.618 bits per heavy atom. The monoisotopic (exact) mass is 474 g/mol. The second kappa shape index (κ2) is 12.2. The molecule has 4 rings (SSSR count). The lowest BCUT2D eigenvalue weighted by Crippen LogP contribution is -2.69. The van der Waals surface area contributed by atoms with Crippen molar-refractivity contribution in [3.63, 3.8) is 0 Å². The average Bonchev–Trinajstić information content (AvgIpc) is 2.89. The third-order valence-corrected chi connectivity index (χ3v) is 11.3. The second-order valence-corrected chi connectivity index (χ2v) is 13.3. The lowest BCUT2D eigenvalue weighted by Gasteiger charge is -2.61. The van der Waals surface area contributed by atoms with Gasteiger partial charge in [0, 0.05) is 0 Å². The van der Waals surface area contributed by atoms with E-state index >= 15 is 4.39 Å². The summed E-state index contributed by atoms with van der Waals surface area (Å²) in [6.07, 6.45) is 26.3. The fourth-order valence-electron chi connectivity index (χ4n) is 8.91. The van der Waals surface area contributed by atoms with Crippen LogP contribution in [0.15, 0.2) is 0 Å². The average molecular weight is 475 g/mol. The Kier molecular flexibility index (Phi) is 9.59. The Morgan fingerprint density at radius 2 is 1.06 bits per heavy atom. The predicted octanol–water partition coefficient (Wildman–Crippen LogP) is 10.0. The first kappa shape index (κ1) is 26.7. The minimum Gasteiger partial charge on any atom is -0.298 e. The number of ketones is 1. The quantitative estimate of drug-likeness (QED) is 0.272. The molecular weight excluding hydrogens is 419 g/mol. The van der Waals surface area contributed by atoms with E-state index < -0.39 is 17.0 Å². The normalized spacial score (nSPS) is 40.6. The first-order chi connectivity index (χ1) is 16.6. The van der Waals surface area contributed by atoms with E-state index in [9.17, 15) is 4.79 Å². The highest BCUT2D eigenvalue weighted by molar-refractivity contribution is 5.98. The van der Waals surface area contributed by atoms with Crippen LogP contribution in [0.3, 0.4) is 0 Å². The Labute approximate surface area is 210 Å². The number of hydrogen-bond acceptors (Lipinski definition) is 1. The molecule has 0 radical (unpaired) electrons. The molecule has 2 spiro atoms. The lowest BCUT2D eigenvalue weighted by molar-refractivity contribution is -0.194. The van der Waals surface area contributed by atoms with Crippen molar-refractivity contribution in [2.24, 2.45) is 34.5 Å². The van der Waals surface area contributed by atoms with Crippen molar-refractivity contribution >= 4 is 5.78 Å². The van der Waals surface area contributed by atoms with Gasteiger partial charge in [0.1, 0.15) is 6.17 Å². The van der Waals surface area contributed by atoms with E-state index in [2.05, 4.69) is 13.8 Å². The fraction of sp³-hybridized carbons (Fsp3) is 0.969. The molecule has 196 valence electrons. The number of alkyl halides is 1. The number of unbranched alkanes of at least 4 members (excludes halogenated alkanes) is 6.